The Morgan fingerprint density at radius 3 is 1.40 bits per heavy atom. The molecule has 0 unspecified atom stereocenters. The number of carboxylic acid groups (broad SMARTS) is 2. The van der Waals surface area contributed by atoms with Crippen LogP contribution in [0.25, 0.3) is 0 Å². The maximum absolute atomic E-state index is 13.7. The molecule has 0 saturated heterocycles. The average molecular weight is 1120 g/mol. The topological polar surface area (TPSA) is 587 Å². The Kier molecular flexibility index (Phi) is 31.9. The second-order valence-electron chi connectivity index (χ2n) is 18.4. The van der Waals surface area contributed by atoms with Crippen molar-refractivity contribution in [3.8, 4) is 0 Å². The zero-order valence-electron chi connectivity index (χ0n) is 43.9. The largest absolute Gasteiger partial charge is 0.481 e. The van der Waals surface area contributed by atoms with Gasteiger partial charge in [-0.25, -0.2) is 0 Å². The van der Waals surface area contributed by atoms with Crippen LogP contribution in [0, 0.1) is 22.7 Å². The monoisotopic (exact) mass is 1120 g/mol. The molecule has 10 atom stereocenters. The Hall–Kier alpha value is -8.43. The molecule has 0 aliphatic carbocycles. The molecule has 0 aromatic rings. The first-order valence-corrected chi connectivity index (χ1v) is 24.4. The van der Waals surface area contributed by atoms with Gasteiger partial charge in [0.2, 0.25) is 65.0 Å². The van der Waals surface area contributed by atoms with Crippen LogP contribution in [0.5, 0.6) is 0 Å². The standard InChI is InChI=1S/C44H77N17O17/c1-19(2)14-20(3)35(71)56-24(9-7-13-52-44(49)50)38(74)57-25(10-11-31(66)67)39(75)61-33(22(5)63)42(78)59-27(15-29(45)64)40(76)54-21(4)36(72)53-17-30(65)55-23(8-6-12-51-43(47)48)37(73)60-28(18-62)41(77)58-26(34(46)70)16-32(68)69/h19-28,33,62-63H,6-18H2,1-5H3,(H2,45,64)(H2,46,70)(H,53,72)(H,54,76)(H,55,65)(H,56,71)(H,57,74)(H,58,77)(H,59,78)(H,60,73)(H,61,75)(H,66,67)(H,68,69)(H4,47,48,51)(H4,49,50,52)/t20-,21-,22+,23-,24-,25-,26-,27-,28-,33-/m0/s1. The van der Waals surface area contributed by atoms with E-state index in [0.717, 1.165) is 13.8 Å². The van der Waals surface area contributed by atoms with E-state index in [1.807, 2.05) is 19.2 Å². The lowest BCUT2D eigenvalue weighted by Crippen LogP contribution is -2.61. The fourth-order valence-corrected chi connectivity index (χ4v) is 6.95. The summed E-state index contributed by atoms with van der Waals surface area (Å²) >= 11 is 0. The molecule has 34 heteroatoms. The van der Waals surface area contributed by atoms with Crippen LogP contribution in [0.4, 0.5) is 0 Å². The van der Waals surface area contributed by atoms with E-state index in [9.17, 15) is 77.6 Å². The summed E-state index contributed by atoms with van der Waals surface area (Å²) in [6.07, 6.45) is -4.44. The van der Waals surface area contributed by atoms with Crippen molar-refractivity contribution in [3.05, 3.63) is 0 Å². The molecule has 0 radical (unpaired) electrons. The first-order valence-electron chi connectivity index (χ1n) is 24.4. The van der Waals surface area contributed by atoms with E-state index in [1.54, 1.807) is 6.92 Å². The van der Waals surface area contributed by atoms with Crippen LogP contribution in [0.15, 0.2) is 0 Å². The number of guanidine groups is 2. The molecular weight excluding hydrogens is 1040 g/mol. The van der Waals surface area contributed by atoms with Crippen molar-refractivity contribution in [1.82, 2.24) is 58.5 Å². The van der Waals surface area contributed by atoms with Crippen molar-refractivity contribution >= 4 is 88.8 Å². The van der Waals surface area contributed by atoms with Crippen LogP contribution in [0.3, 0.4) is 0 Å². The van der Waals surface area contributed by atoms with E-state index in [1.165, 1.54) is 0 Å². The summed E-state index contributed by atoms with van der Waals surface area (Å²) in [4.78, 5) is 166. The predicted molar refractivity (Wildman–Crippen MR) is 272 cm³/mol. The molecule has 0 heterocycles. The third kappa shape index (κ3) is 29.0. The number of carbonyl (C=O) groups is 13. The van der Waals surface area contributed by atoms with Gasteiger partial charge in [0.05, 0.1) is 32.1 Å². The smallest absolute Gasteiger partial charge is 0.305 e. The van der Waals surface area contributed by atoms with Crippen molar-refractivity contribution in [3.63, 3.8) is 0 Å². The highest BCUT2D eigenvalue weighted by Crippen LogP contribution is 2.13. The molecule has 0 fully saturated rings. The number of nitrogens with two attached hydrogens (primary N) is 4. The summed E-state index contributed by atoms with van der Waals surface area (Å²) in [5.74, 6) is -16.1. The fraction of sp³-hybridized carbons (Fsp3) is 0.659. The first-order chi connectivity index (χ1) is 36.3. The molecule has 0 spiro atoms. The normalized spacial score (nSPS) is 14.7. The number of carbonyl (C=O) groups excluding carboxylic acids is 11. The minimum absolute atomic E-state index is 0.00880. The Morgan fingerprint density at radius 2 is 0.936 bits per heavy atom. The van der Waals surface area contributed by atoms with Gasteiger partial charge in [0.15, 0.2) is 11.9 Å². The average Bonchev–Trinajstić information content (AvgIpc) is 3.32. The SMILES string of the molecule is CC(C)C[C@H](C)C(=O)N[C@@H](CCCNC(=N)N)C(=O)N[C@@H](CCC(=O)O)C(=O)N[C@H](C(=O)N[C@@H](CC(N)=O)C(=O)N[C@@H](C)C(=O)NCC(=O)N[C@@H](CCCNC(=N)N)C(=O)N[C@@H](CO)C(=O)N[C@@H](CC(=O)O)C(N)=O)[C@@H](C)O. The van der Waals surface area contributed by atoms with Crippen LogP contribution in [0.1, 0.15) is 92.4 Å². The minimum Gasteiger partial charge on any atom is -0.481 e. The molecule has 25 N–H and O–H groups in total. The Morgan fingerprint density at radius 1 is 0.487 bits per heavy atom. The van der Waals surface area contributed by atoms with E-state index < -0.39 is 182 Å². The summed E-state index contributed by atoms with van der Waals surface area (Å²) in [5, 5.41) is 78.7. The third-order valence-corrected chi connectivity index (χ3v) is 10.9. The van der Waals surface area contributed by atoms with Gasteiger partial charge < -0.3 is 102 Å². The summed E-state index contributed by atoms with van der Waals surface area (Å²) in [6, 6.07) is -13.4. The molecule has 0 aliphatic heterocycles. The zero-order valence-corrected chi connectivity index (χ0v) is 43.9. The number of hydrogen-bond donors (Lipinski definition) is 21. The van der Waals surface area contributed by atoms with Gasteiger partial charge >= 0.3 is 11.9 Å². The molecule has 34 nitrogen and oxygen atoms in total. The number of rotatable bonds is 38. The molecule has 0 rings (SSSR count). The maximum Gasteiger partial charge on any atom is 0.305 e. The number of aliphatic carboxylic acids is 2. The van der Waals surface area contributed by atoms with E-state index in [0.29, 0.717) is 6.42 Å². The molecule has 0 aromatic carbocycles. The van der Waals surface area contributed by atoms with Crippen LogP contribution in [-0.4, -0.2) is 190 Å². The number of aliphatic hydroxyl groups is 2. The lowest BCUT2D eigenvalue weighted by atomic mass is 9.97. The van der Waals surface area contributed by atoms with Crippen molar-refractivity contribution < 1.29 is 82.8 Å². The number of nitrogens with one attached hydrogen (secondary N) is 13. The third-order valence-electron chi connectivity index (χ3n) is 10.9. The highest BCUT2D eigenvalue weighted by atomic mass is 16.4. The number of primary amides is 2. The number of amides is 11. The number of aliphatic hydroxyl groups excluding tert-OH is 2. The highest BCUT2D eigenvalue weighted by molar-refractivity contribution is 5.99. The summed E-state index contributed by atoms with van der Waals surface area (Å²) in [5.41, 5.74) is 21.1. The molecule has 0 aromatic heterocycles. The Bertz CT molecular complexity index is 2160. The maximum atomic E-state index is 13.7. The zero-order chi connectivity index (χ0) is 60.0. The van der Waals surface area contributed by atoms with Crippen LogP contribution in [-0.2, 0) is 62.3 Å². The quantitative estimate of drug-likeness (QED) is 0.0155. The van der Waals surface area contributed by atoms with Crippen molar-refractivity contribution in [2.45, 2.75) is 147 Å². The molecular formula is C44H77N17O17. The predicted octanol–water partition coefficient (Wildman–Crippen LogP) is -8.72. The molecule has 11 amide bonds. The van der Waals surface area contributed by atoms with Gasteiger partial charge in [-0.05, 0) is 58.3 Å². The van der Waals surface area contributed by atoms with Gasteiger partial charge in [0.1, 0.15) is 48.3 Å². The van der Waals surface area contributed by atoms with Crippen molar-refractivity contribution in [2.75, 3.05) is 26.2 Å². The van der Waals surface area contributed by atoms with E-state index >= 15 is 0 Å². The van der Waals surface area contributed by atoms with Gasteiger partial charge in [0, 0.05) is 25.4 Å². The van der Waals surface area contributed by atoms with Gasteiger partial charge in [-0.2, -0.15) is 0 Å². The molecule has 0 bridgehead atoms. The second-order valence-corrected chi connectivity index (χ2v) is 18.4. The second kappa shape index (κ2) is 35.8. The Labute approximate surface area is 447 Å². The summed E-state index contributed by atoms with van der Waals surface area (Å²) in [6.45, 7) is 5.75. The highest BCUT2D eigenvalue weighted by Gasteiger charge is 2.36. The minimum atomic E-state index is -1.96. The van der Waals surface area contributed by atoms with Crippen LogP contribution >= 0.6 is 0 Å². The van der Waals surface area contributed by atoms with Gasteiger partial charge in [-0.15, -0.1) is 0 Å². The molecule has 78 heavy (non-hydrogen) atoms. The lowest BCUT2D eigenvalue weighted by molar-refractivity contribution is -0.141. The van der Waals surface area contributed by atoms with Crippen LogP contribution < -0.4 is 81.4 Å². The van der Waals surface area contributed by atoms with E-state index in [-0.39, 0.29) is 50.7 Å². The lowest BCUT2D eigenvalue weighted by Gasteiger charge is -2.28. The molecule has 0 aliphatic rings. The summed E-state index contributed by atoms with van der Waals surface area (Å²) in [7, 11) is 0. The van der Waals surface area contributed by atoms with Gasteiger partial charge in [0.25, 0.3) is 0 Å². The summed E-state index contributed by atoms with van der Waals surface area (Å²) < 4.78 is 0. The van der Waals surface area contributed by atoms with Crippen molar-refractivity contribution in [2.24, 2.45) is 34.8 Å². The number of carboxylic acids is 2. The van der Waals surface area contributed by atoms with E-state index in [2.05, 4.69) is 53.2 Å². The Balaban J connectivity index is 6.20. The van der Waals surface area contributed by atoms with E-state index in [4.69, 9.17) is 38.9 Å². The molecule has 0 saturated carbocycles. The fourth-order valence-electron chi connectivity index (χ4n) is 6.95. The number of hydrogen-bond acceptors (Lipinski definition) is 17. The first kappa shape index (κ1) is 69.6. The molecule has 440 valence electrons. The van der Waals surface area contributed by atoms with Gasteiger partial charge in [-0.3, -0.25) is 73.1 Å². The van der Waals surface area contributed by atoms with Crippen molar-refractivity contribution in [1.29, 1.82) is 10.8 Å². The van der Waals surface area contributed by atoms with Gasteiger partial charge in [-0.1, -0.05) is 20.8 Å². The van der Waals surface area contributed by atoms with Crippen LogP contribution in [0.2, 0.25) is 0 Å².